The molecule has 2 saturated carbocycles. The van der Waals surface area contributed by atoms with Crippen LogP contribution in [0.4, 0.5) is 0 Å². The molecule has 3 N–H and O–H groups in total. The maximum absolute atomic E-state index is 12.9. The summed E-state index contributed by atoms with van der Waals surface area (Å²) in [4.78, 5) is 28.0. The third-order valence-electron chi connectivity index (χ3n) is 8.91. The van der Waals surface area contributed by atoms with Crippen LogP contribution in [0.15, 0.2) is 0 Å². The highest BCUT2D eigenvalue weighted by molar-refractivity contribution is 5.78. The zero-order valence-electron chi connectivity index (χ0n) is 22.0. The lowest BCUT2D eigenvalue weighted by Crippen LogP contribution is -2.58. The Morgan fingerprint density at radius 3 is 2.42 bits per heavy atom. The molecule has 3 aliphatic rings. The van der Waals surface area contributed by atoms with Crippen molar-refractivity contribution in [3.8, 4) is 0 Å². The first-order valence-corrected chi connectivity index (χ1v) is 13.4. The van der Waals surface area contributed by atoms with Crippen LogP contribution in [-0.4, -0.2) is 60.1 Å². The van der Waals surface area contributed by atoms with Crippen molar-refractivity contribution in [2.24, 2.45) is 34.5 Å². The van der Waals surface area contributed by atoms with Crippen LogP contribution in [0.2, 0.25) is 0 Å². The number of aliphatic hydroxyl groups excluding tert-OH is 1. The second-order valence-corrected chi connectivity index (χ2v) is 12.8. The number of amides is 2. The van der Waals surface area contributed by atoms with Gasteiger partial charge in [-0.15, -0.1) is 0 Å². The summed E-state index contributed by atoms with van der Waals surface area (Å²) in [6.07, 6.45) is 6.43. The Bertz CT molecular complexity index is 685. The van der Waals surface area contributed by atoms with E-state index in [1.807, 2.05) is 6.92 Å². The predicted molar refractivity (Wildman–Crippen MR) is 133 cm³/mol. The minimum absolute atomic E-state index is 0.0265. The van der Waals surface area contributed by atoms with Gasteiger partial charge < -0.3 is 20.6 Å². The molecule has 190 valence electrons. The largest absolute Gasteiger partial charge is 0.392 e. The first-order chi connectivity index (χ1) is 15.4. The number of hydrogen-bond acceptors (Lipinski definition) is 4. The number of fused-ring (bicyclic) bond motifs is 1. The van der Waals surface area contributed by atoms with Gasteiger partial charge in [0.25, 0.3) is 0 Å². The van der Waals surface area contributed by atoms with Crippen molar-refractivity contribution in [3.63, 3.8) is 0 Å². The summed E-state index contributed by atoms with van der Waals surface area (Å²) in [6.45, 7) is 16.6. The molecular weight excluding hydrogens is 414 g/mol. The highest BCUT2D eigenvalue weighted by Gasteiger charge is 2.53. The Balaban J connectivity index is 1.59. The van der Waals surface area contributed by atoms with Gasteiger partial charge in [0.15, 0.2) is 0 Å². The molecule has 1 heterocycles. The van der Waals surface area contributed by atoms with E-state index in [1.165, 1.54) is 12.8 Å². The van der Waals surface area contributed by atoms with Crippen LogP contribution in [0.3, 0.4) is 0 Å². The standard InChI is InChI=1S/C27H49N3O3/c1-18(25(33)28-13-16-30-14-7-8-15-30)20-9-11-27(6)12-10-21(19(2)23(27)24(20)32)29-22(31)17-26(3,4)5/h18-21,23-24,32H,7-17H2,1-6H3,(H,28,33)(H,29,31)/t18-,19+,20-,21-,23+,24-,27-/m0/s1. The van der Waals surface area contributed by atoms with Gasteiger partial charge in [-0.1, -0.05) is 41.5 Å². The summed E-state index contributed by atoms with van der Waals surface area (Å²) in [6, 6.07) is 0.0934. The van der Waals surface area contributed by atoms with Crippen molar-refractivity contribution in [1.29, 1.82) is 0 Å². The zero-order chi connectivity index (χ0) is 24.4. The Morgan fingerprint density at radius 2 is 1.79 bits per heavy atom. The van der Waals surface area contributed by atoms with E-state index in [9.17, 15) is 14.7 Å². The monoisotopic (exact) mass is 463 g/mol. The van der Waals surface area contributed by atoms with Gasteiger partial charge in [0.05, 0.1) is 6.10 Å². The molecule has 0 unspecified atom stereocenters. The highest BCUT2D eigenvalue weighted by Crippen LogP contribution is 2.55. The van der Waals surface area contributed by atoms with Crippen molar-refractivity contribution in [1.82, 2.24) is 15.5 Å². The topological polar surface area (TPSA) is 81.7 Å². The van der Waals surface area contributed by atoms with E-state index >= 15 is 0 Å². The van der Waals surface area contributed by atoms with Crippen LogP contribution < -0.4 is 10.6 Å². The Labute approximate surface area is 201 Å². The molecule has 33 heavy (non-hydrogen) atoms. The van der Waals surface area contributed by atoms with Gasteiger partial charge in [0.1, 0.15) is 0 Å². The molecular formula is C27H49N3O3. The first kappa shape index (κ1) is 26.5. The molecule has 7 atom stereocenters. The number of hydrogen-bond donors (Lipinski definition) is 3. The summed E-state index contributed by atoms with van der Waals surface area (Å²) < 4.78 is 0. The molecule has 0 bridgehead atoms. The molecule has 1 saturated heterocycles. The fourth-order valence-electron chi connectivity index (χ4n) is 6.94. The van der Waals surface area contributed by atoms with Gasteiger partial charge in [-0.3, -0.25) is 9.59 Å². The summed E-state index contributed by atoms with van der Waals surface area (Å²) in [5.41, 5.74) is 0.0378. The third kappa shape index (κ3) is 6.50. The Hall–Kier alpha value is -1.14. The minimum Gasteiger partial charge on any atom is -0.392 e. The van der Waals surface area contributed by atoms with Gasteiger partial charge >= 0.3 is 0 Å². The molecule has 3 fully saturated rings. The number of rotatable bonds is 7. The molecule has 2 aliphatic carbocycles. The molecule has 3 rings (SSSR count). The summed E-state index contributed by atoms with van der Waals surface area (Å²) in [7, 11) is 0. The predicted octanol–water partition coefficient (Wildman–Crippen LogP) is 3.58. The lowest BCUT2D eigenvalue weighted by atomic mass is 9.51. The van der Waals surface area contributed by atoms with Crippen LogP contribution >= 0.6 is 0 Å². The van der Waals surface area contributed by atoms with E-state index in [0.29, 0.717) is 13.0 Å². The summed E-state index contributed by atoms with van der Waals surface area (Å²) in [5, 5.41) is 18.0. The smallest absolute Gasteiger partial charge is 0.223 e. The van der Waals surface area contributed by atoms with E-state index in [0.717, 1.165) is 45.3 Å². The number of carbonyl (C=O) groups is 2. The second-order valence-electron chi connectivity index (χ2n) is 12.8. The maximum Gasteiger partial charge on any atom is 0.223 e. The number of carbonyl (C=O) groups excluding carboxylic acids is 2. The van der Waals surface area contributed by atoms with Crippen molar-refractivity contribution in [2.45, 2.75) is 98.6 Å². The molecule has 0 aromatic heterocycles. The fraction of sp³-hybridized carbons (Fsp3) is 0.926. The van der Waals surface area contributed by atoms with Gasteiger partial charge in [-0.25, -0.2) is 0 Å². The minimum atomic E-state index is -0.514. The van der Waals surface area contributed by atoms with Crippen LogP contribution in [0, 0.1) is 34.5 Å². The van der Waals surface area contributed by atoms with Gasteiger partial charge in [-0.2, -0.15) is 0 Å². The molecule has 2 amide bonds. The van der Waals surface area contributed by atoms with Crippen LogP contribution in [0.25, 0.3) is 0 Å². The van der Waals surface area contributed by atoms with Crippen molar-refractivity contribution < 1.29 is 14.7 Å². The summed E-state index contributed by atoms with van der Waals surface area (Å²) in [5.74, 6) is 0.240. The quantitative estimate of drug-likeness (QED) is 0.539. The number of likely N-dealkylation sites (tertiary alicyclic amines) is 1. The van der Waals surface area contributed by atoms with E-state index < -0.39 is 6.10 Å². The van der Waals surface area contributed by atoms with Gasteiger partial charge in [0, 0.05) is 31.5 Å². The average Bonchev–Trinajstić information content (AvgIpc) is 3.22. The summed E-state index contributed by atoms with van der Waals surface area (Å²) >= 11 is 0. The number of aliphatic hydroxyl groups is 1. The third-order valence-corrected chi connectivity index (χ3v) is 8.91. The van der Waals surface area contributed by atoms with Gasteiger partial charge in [0.2, 0.25) is 11.8 Å². The number of nitrogens with one attached hydrogen (secondary N) is 2. The van der Waals surface area contributed by atoms with Crippen LogP contribution in [0.1, 0.15) is 86.5 Å². The van der Waals surface area contributed by atoms with Crippen molar-refractivity contribution >= 4 is 11.8 Å². The molecule has 6 nitrogen and oxygen atoms in total. The van der Waals surface area contributed by atoms with Crippen molar-refractivity contribution in [3.05, 3.63) is 0 Å². The normalized spacial score (nSPS) is 36.2. The molecule has 0 aromatic rings. The molecule has 0 aromatic carbocycles. The average molecular weight is 464 g/mol. The zero-order valence-corrected chi connectivity index (χ0v) is 22.0. The second kappa shape index (κ2) is 10.6. The molecule has 6 heteroatoms. The van der Waals surface area contributed by atoms with Gasteiger partial charge in [-0.05, 0) is 80.2 Å². The molecule has 1 aliphatic heterocycles. The van der Waals surface area contributed by atoms with E-state index in [1.54, 1.807) is 0 Å². The van der Waals surface area contributed by atoms with Crippen LogP contribution in [0.5, 0.6) is 0 Å². The SMILES string of the molecule is C[C@H]1[C@@H]2[C@@H](O)[C@H]([C@H](C)C(=O)NCCN3CCCC3)CC[C@@]2(C)CC[C@@H]1NC(=O)CC(C)(C)C. The van der Waals surface area contributed by atoms with Crippen molar-refractivity contribution in [2.75, 3.05) is 26.2 Å². The molecule has 0 radical (unpaired) electrons. The maximum atomic E-state index is 12.9. The lowest BCUT2D eigenvalue weighted by molar-refractivity contribution is -0.144. The Morgan fingerprint density at radius 1 is 1.15 bits per heavy atom. The molecule has 0 spiro atoms. The Kier molecular flexibility index (Phi) is 8.53. The van der Waals surface area contributed by atoms with Crippen LogP contribution in [-0.2, 0) is 9.59 Å². The lowest BCUT2D eigenvalue weighted by Gasteiger charge is -2.56. The highest BCUT2D eigenvalue weighted by atomic mass is 16.3. The first-order valence-electron chi connectivity index (χ1n) is 13.4. The van der Waals surface area contributed by atoms with E-state index in [2.05, 4.69) is 50.2 Å². The van der Waals surface area contributed by atoms with E-state index in [-0.39, 0.29) is 52.4 Å². The number of nitrogens with zero attached hydrogens (tertiary/aromatic N) is 1. The fourth-order valence-corrected chi connectivity index (χ4v) is 6.94. The van der Waals surface area contributed by atoms with E-state index in [4.69, 9.17) is 0 Å².